The quantitative estimate of drug-likeness (QED) is 0.468. The number of carbonyl (C=O) groups is 1. The van der Waals surface area contributed by atoms with Crippen LogP contribution in [0.2, 0.25) is 10.4 Å². The van der Waals surface area contributed by atoms with E-state index in [-0.39, 0.29) is 27.5 Å². The van der Waals surface area contributed by atoms with Crippen molar-refractivity contribution in [3.63, 3.8) is 0 Å². The molecule has 0 saturated heterocycles. The first-order valence-electron chi connectivity index (χ1n) is 8.47. The molecule has 6 nitrogen and oxygen atoms in total. The van der Waals surface area contributed by atoms with E-state index in [1.54, 1.807) is 25.1 Å². The van der Waals surface area contributed by atoms with E-state index in [2.05, 4.69) is 10.3 Å². The van der Waals surface area contributed by atoms with E-state index in [0.717, 1.165) is 11.1 Å². The summed E-state index contributed by atoms with van der Waals surface area (Å²) in [6.45, 7) is 5.39. The van der Waals surface area contributed by atoms with Gasteiger partial charge in [0.05, 0.1) is 29.8 Å². The molecule has 0 bridgehead atoms. The van der Waals surface area contributed by atoms with Crippen LogP contribution >= 0.6 is 23.2 Å². The zero-order valence-corrected chi connectivity index (χ0v) is 17.2. The summed E-state index contributed by atoms with van der Waals surface area (Å²) < 4.78 is 10.5. The molecule has 0 saturated carbocycles. The predicted octanol–water partition coefficient (Wildman–Crippen LogP) is 5.07. The van der Waals surface area contributed by atoms with E-state index in [0.29, 0.717) is 22.2 Å². The van der Waals surface area contributed by atoms with Crippen LogP contribution in [-0.4, -0.2) is 18.1 Å². The monoisotopic (exact) mass is 420 g/mol. The normalized spacial score (nSPS) is 12.1. The van der Waals surface area contributed by atoms with Crippen LogP contribution in [-0.2, 0) is 4.74 Å². The molecule has 8 heteroatoms. The number of fused-ring (bicyclic) bond motifs is 1. The molecular formula is C20H18Cl2N2O4. The van der Waals surface area contributed by atoms with Crippen molar-refractivity contribution in [1.29, 1.82) is 0 Å². The van der Waals surface area contributed by atoms with Crippen molar-refractivity contribution >= 4 is 45.8 Å². The van der Waals surface area contributed by atoms with Crippen LogP contribution < -0.4 is 10.7 Å². The first-order chi connectivity index (χ1) is 13.2. The number of halogens is 2. The molecule has 0 amide bonds. The lowest BCUT2D eigenvalue weighted by molar-refractivity contribution is 0.0595. The van der Waals surface area contributed by atoms with Crippen molar-refractivity contribution in [2.24, 2.45) is 0 Å². The summed E-state index contributed by atoms with van der Waals surface area (Å²) in [5.74, 6) is -0.614. The van der Waals surface area contributed by atoms with Crippen LogP contribution in [0.5, 0.6) is 0 Å². The van der Waals surface area contributed by atoms with Gasteiger partial charge in [-0.25, -0.2) is 9.78 Å². The molecule has 3 aromatic rings. The minimum atomic E-state index is -0.614. The standard InChI is InChI=1S/C20H18Cl2N2O4/c1-9-7-12(18-13(8-9)17(25)10(2)19(22)28-18)11(3)23-14-5-6-15(21)24-16(14)20(26)27-4/h5-8,11,23H,1-4H3. The maximum Gasteiger partial charge on any atom is 0.358 e. The van der Waals surface area contributed by atoms with Gasteiger partial charge in [-0.15, -0.1) is 0 Å². The lowest BCUT2D eigenvalue weighted by atomic mass is 10.0. The number of pyridine rings is 1. The van der Waals surface area contributed by atoms with Crippen LogP contribution in [0.15, 0.2) is 33.5 Å². The van der Waals surface area contributed by atoms with E-state index in [4.69, 9.17) is 32.4 Å². The number of methoxy groups -OCH3 is 1. The second-order valence-corrected chi connectivity index (χ2v) is 7.18. The Morgan fingerprint density at radius 3 is 2.64 bits per heavy atom. The third-order valence-electron chi connectivity index (χ3n) is 4.41. The fourth-order valence-corrected chi connectivity index (χ4v) is 3.29. The Morgan fingerprint density at radius 2 is 1.96 bits per heavy atom. The lowest BCUT2D eigenvalue weighted by Crippen LogP contribution is -2.15. The number of esters is 1. The van der Waals surface area contributed by atoms with Crippen LogP contribution in [0.4, 0.5) is 5.69 Å². The van der Waals surface area contributed by atoms with Gasteiger partial charge in [0.1, 0.15) is 10.7 Å². The molecule has 1 N–H and O–H groups in total. The Labute approximate surface area is 171 Å². The Morgan fingerprint density at radius 1 is 1.25 bits per heavy atom. The van der Waals surface area contributed by atoms with Crippen molar-refractivity contribution < 1.29 is 13.9 Å². The number of carbonyl (C=O) groups excluding carboxylic acids is 1. The summed E-state index contributed by atoms with van der Waals surface area (Å²) in [6.07, 6.45) is 0. The molecule has 2 aromatic heterocycles. The molecule has 0 spiro atoms. The molecule has 0 aliphatic carbocycles. The van der Waals surface area contributed by atoms with Crippen molar-refractivity contribution in [1.82, 2.24) is 4.98 Å². The highest BCUT2D eigenvalue weighted by Gasteiger charge is 2.20. The minimum Gasteiger partial charge on any atom is -0.464 e. The van der Waals surface area contributed by atoms with Crippen molar-refractivity contribution in [2.75, 3.05) is 12.4 Å². The van der Waals surface area contributed by atoms with E-state index in [9.17, 15) is 9.59 Å². The molecule has 0 aliphatic rings. The lowest BCUT2D eigenvalue weighted by Gasteiger charge is -2.19. The molecule has 0 radical (unpaired) electrons. The van der Waals surface area contributed by atoms with Crippen molar-refractivity contribution in [3.05, 3.63) is 67.2 Å². The summed E-state index contributed by atoms with van der Waals surface area (Å²) >= 11 is 12.0. The molecular weight excluding hydrogens is 403 g/mol. The zero-order chi connectivity index (χ0) is 20.6. The van der Waals surface area contributed by atoms with Crippen LogP contribution in [0.25, 0.3) is 11.0 Å². The third-order valence-corrected chi connectivity index (χ3v) is 4.98. The molecule has 3 rings (SSSR count). The fourth-order valence-electron chi connectivity index (χ4n) is 2.98. The van der Waals surface area contributed by atoms with Crippen molar-refractivity contribution in [3.8, 4) is 0 Å². The van der Waals surface area contributed by atoms with E-state index < -0.39 is 5.97 Å². The summed E-state index contributed by atoms with van der Waals surface area (Å²) in [5, 5.41) is 3.89. The number of hydrogen-bond acceptors (Lipinski definition) is 6. The largest absolute Gasteiger partial charge is 0.464 e. The SMILES string of the molecule is COC(=O)c1nc(Cl)ccc1NC(C)c1cc(C)cc2c(=O)c(C)c(Cl)oc12. The number of benzene rings is 1. The van der Waals surface area contributed by atoms with Gasteiger partial charge in [-0.1, -0.05) is 17.7 Å². The van der Waals surface area contributed by atoms with Crippen molar-refractivity contribution in [2.45, 2.75) is 26.8 Å². The third kappa shape index (κ3) is 3.70. The van der Waals surface area contributed by atoms with Gasteiger partial charge in [-0.2, -0.15) is 0 Å². The van der Waals surface area contributed by atoms with Crippen LogP contribution in [0.1, 0.15) is 40.1 Å². The summed E-state index contributed by atoms with van der Waals surface area (Å²) in [6, 6.07) is 6.54. The summed E-state index contributed by atoms with van der Waals surface area (Å²) in [4.78, 5) is 28.7. The first-order valence-corrected chi connectivity index (χ1v) is 9.23. The zero-order valence-electron chi connectivity index (χ0n) is 15.7. The molecule has 1 unspecified atom stereocenters. The fraction of sp³-hybridized carbons (Fsp3) is 0.250. The summed E-state index contributed by atoms with van der Waals surface area (Å²) in [5.41, 5.74) is 2.71. The first kappa shape index (κ1) is 20.2. The van der Waals surface area contributed by atoms with E-state index >= 15 is 0 Å². The van der Waals surface area contributed by atoms with Gasteiger partial charge >= 0.3 is 5.97 Å². The molecule has 1 aromatic carbocycles. The van der Waals surface area contributed by atoms with Gasteiger partial charge in [-0.05, 0) is 56.1 Å². The number of nitrogens with one attached hydrogen (secondary N) is 1. The van der Waals surface area contributed by atoms with E-state index in [1.807, 2.05) is 19.9 Å². The Hall–Kier alpha value is -2.57. The molecule has 28 heavy (non-hydrogen) atoms. The second kappa shape index (κ2) is 7.81. The second-order valence-electron chi connectivity index (χ2n) is 6.45. The summed E-state index contributed by atoms with van der Waals surface area (Å²) in [7, 11) is 1.27. The molecule has 1 atom stereocenters. The van der Waals surface area contributed by atoms with Crippen LogP contribution in [0, 0.1) is 13.8 Å². The number of anilines is 1. The molecule has 2 heterocycles. The highest BCUT2D eigenvalue weighted by molar-refractivity contribution is 6.30. The number of rotatable bonds is 4. The number of ether oxygens (including phenoxy) is 1. The molecule has 146 valence electrons. The average molecular weight is 421 g/mol. The van der Waals surface area contributed by atoms with Crippen LogP contribution in [0.3, 0.4) is 0 Å². The van der Waals surface area contributed by atoms with E-state index in [1.165, 1.54) is 7.11 Å². The average Bonchev–Trinajstić information content (AvgIpc) is 2.67. The Bertz CT molecular complexity index is 1140. The Balaban J connectivity index is 2.12. The van der Waals surface area contributed by atoms with Gasteiger partial charge < -0.3 is 14.5 Å². The number of aromatic nitrogens is 1. The molecule has 0 aliphatic heterocycles. The molecule has 0 fully saturated rings. The van der Waals surface area contributed by atoms with Gasteiger partial charge in [0.15, 0.2) is 11.1 Å². The number of hydrogen-bond donors (Lipinski definition) is 1. The number of aryl methyl sites for hydroxylation is 1. The highest BCUT2D eigenvalue weighted by Crippen LogP contribution is 2.31. The Kier molecular flexibility index (Phi) is 5.63. The minimum absolute atomic E-state index is 0.0539. The van der Waals surface area contributed by atoms with Gasteiger partial charge in [-0.3, -0.25) is 4.79 Å². The van der Waals surface area contributed by atoms with Gasteiger partial charge in [0.25, 0.3) is 0 Å². The maximum absolute atomic E-state index is 12.6. The predicted molar refractivity (Wildman–Crippen MR) is 110 cm³/mol. The van der Waals surface area contributed by atoms with Gasteiger partial charge in [0.2, 0.25) is 5.22 Å². The topological polar surface area (TPSA) is 81.4 Å². The number of nitrogens with zero attached hydrogens (tertiary/aromatic N) is 1. The highest BCUT2D eigenvalue weighted by atomic mass is 35.5. The van der Waals surface area contributed by atoms with Gasteiger partial charge in [0, 0.05) is 5.56 Å². The maximum atomic E-state index is 12.6. The smallest absolute Gasteiger partial charge is 0.358 e.